The molecule has 1 N–H and O–H groups in total. The maximum atomic E-state index is 13.7. The lowest BCUT2D eigenvalue weighted by molar-refractivity contribution is -0.0357. The van der Waals surface area contributed by atoms with E-state index in [0.29, 0.717) is 17.2 Å². The average Bonchev–Trinajstić information content (AvgIpc) is 2.52. The van der Waals surface area contributed by atoms with Gasteiger partial charge < -0.3 is 10.1 Å². The molecule has 0 aliphatic carbocycles. The van der Waals surface area contributed by atoms with Crippen LogP contribution in [0.4, 0.5) is 4.39 Å². The Labute approximate surface area is 152 Å². The molecule has 0 amide bonds. The van der Waals surface area contributed by atoms with Gasteiger partial charge >= 0.3 is 0 Å². The van der Waals surface area contributed by atoms with Crippen molar-refractivity contribution in [2.75, 3.05) is 39.3 Å². The molecule has 0 bridgehead atoms. The number of hydrogen-bond donors (Lipinski definition) is 1. The van der Waals surface area contributed by atoms with Crippen LogP contribution in [0.1, 0.15) is 24.5 Å². The van der Waals surface area contributed by atoms with Crippen molar-refractivity contribution in [1.29, 1.82) is 0 Å². The van der Waals surface area contributed by atoms with Gasteiger partial charge in [0.15, 0.2) is 0 Å². The Balaban J connectivity index is 0.00000192. The van der Waals surface area contributed by atoms with Gasteiger partial charge in [0.25, 0.3) is 0 Å². The highest BCUT2D eigenvalue weighted by molar-refractivity contribution is 6.35. The second-order valence-electron chi connectivity index (χ2n) is 6.10. The predicted molar refractivity (Wildman–Crippen MR) is 94.4 cm³/mol. The van der Waals surface area contributed by atoms with Gasteiger partial charge in [-0.2, -0.15) is 0 Å². The van der Waals surface area contributed by atoms with Crippen molar-refractivity contribution in [3.05, 3.63) is 33.6 Å². The third-order valence-electron chi connectivity index (χ3n) is 4.51. The minimum absolute atomic E-state index is 0. The van der Waals surface area contributed by atoms with E-state index in [2.05, 4.69) is 10.2 Å². The van der Waals surface area contributed by atoms with Gasteiger partial charge in [-0.1, -0.05) is 23.2 Å². The molecule has 1 aromatic rings. The van der Waals surface area contributed by atoms with Gasteiger partial charge in [0.1, 0.15) is 5.82 Å². The molecular weight excluding hydrogens is 362 g/mol. The Bertz CT molecular complexity index is 526. The Hall–Kier alpha value is -0.100. The maximum Gasteiger partial charge on any atom is 0.142 e. The number of piperidine rings is 1. The standard InChI is InChI=1S/C16H21Cl2FN2O.ClH/c17-13-8-14(18)15(19)7-12(13)16-10-21(5-6-22-16)9-11-1-3-20-4-2-11;/h7-8,11,16,20H,1-6,9-10H2;1H. The fourth-order valence-corrected chi connectivity index (χ4v) is 3.78. The van der Waals surface area contributed by atoms with Crippen molar-refractivity contribution in [3.63, 3.8) is 0 Å². The monoisotopic (exact) mass is 382 g/mol. The van der Waals surface area contributed by atoms with Gasteiger partial charge in [0.2, 0.25) is 0 Å². The third kappa shape index (κ3) is 4.94. The number of hydrogen-bond acceptors (Lipinski definition) is 3. The van der Waals surface area contributed by atoms with Crippen LogP contribution in [0.15, 0.2) is 12.1 Å². The predicted octanol–water partition coefficient (Wildman–Crippen LogP) is 3.93. The van der Waals surface area contributed by atoms with Crippen LogP contribution in [0.2, 0.25) is 10.0 Å². The highest BCUT2D eigenvalue weighted by Crippen LogP contribution is 2.32. The summed E-state index contributed by atoms with van der Waals surface area (Å²) in [5.74, 6) is 0.289. The van der Waals surface area contributed by atoms with Crippen LogP contribution in [-0.2, 0) is 4.74 Å². The normalized spacial score (nSPS) is 23.5. The minimum Gasteiger partial charge on any atom is -0.371 e. The van der Waals surface area contributed by atoms with Gasteiger partial charge in [-0.25, -0.2) is 4.39 Å². The lowest BCUT2D eigenvalue weighted by atomic mass is 9.97. The van der Waals surface area contributed by atoms with E-state index in [4.69, 9.17) is 27.9 Å². The fourth-order valence-electron chi connectivity index (χ4n) is 3.27. The van der Waals surface area contributed by atoms with Crippen molar-refractivity contribution in [1.82, 2.24) is 10.2 Å². The molecule has 1 aromatic carbocycles. The number of nitrogens with zero attached hydrogens (tertiary/aromatic N) is 1. The van der Waals surface area contributed by atoms with E-state index < -0.39 is 5.82 Å². The molecule has 2 aliphatic heterocycles. The fraction of sp³-hybridized carbons (Fsp3) is 0.625. The van der Waals surface area contributed by atoms with Crippen LogP contribution < -0.4 is 5.32 Å². The number of halogens is 4. The van der Waals surface area contributed by atoms with Crippen LogP contribution in [-0.4, -0.2) is 44.2 Å². The summed E-state index contributed by atoms with van der Waals surface area (Å²) in [6.45, 7) is 5.61. The zero-order chi connectivity index (χ0) is 15.5. The van der Waals surface area contributed by atoms with Crippen LogP contribution in [0.5, 0.6) is 0 Å². The quantitative estimate of drug-likeness (QED) is 0.801. The zero-order valence-electron chi connectivity index (χ0n) is 12.9. The van der Waals surface area contributed by atoms with E-state index in [1.165, 1.54) is 25.0 Å². The van der Waals surface area contributed by atoms with Crippen molar-refractivity contribution in [3.8, 4) is 0 Å². The Morgan fingerprint density at radius 2 is 1.96 bits per heavy atom. The number of rotatable bonds is 3. The molecule has 0 radical (unpaired) electrons. The molecule has 3 rings (SSSR count). The first-order valence-electron chi connectivity index (χ1n) is 7.82. The topological polar surface area (TPSA) is 24.5 Å². The number of morpholine rings is 1. The van der Waals surface area contributed by atoms with Crippen LogP contribution in [0.3, 0.4) is 0 Å². The molecule has 1 unspecified atom stereocenters. The summed E-state index contributed by atoms with van der Waals surface area (Å²) in [6.07, 6.45) is 2.26. The molecule has 3 nitrogen and oxygen atoms in total. The molecule has 1 atom stereocenters. The van der Waals surface area contributed by atoms with Gasteiger partial charge in [-0.05, 0) is 44.0 Å². The highest BCUT2D eigenvalue weighted by Gasteiger charge is 2.26. The van der Waals surface area contributed by atoms with E-state index in [0.717, 1.165) is 38.6 Å². The summed E-state index contributed by atoms with van der Waals surface area (Å²) in [4.78, 5) is 2.41. The summed E-state index contributed by atoms with van der Waals surface area (Å²) in [7, 11) is 0. The molecule has 130 valence electrons. The first-order chi connectivity index (χ1) is 10.6. The van der Waals surface area contributed by atoms with Gasteiger partial charge in [0.05, 0.1) is 17.7 Å². The Morgan fingerprint density at radius 3 is 2.70 bits per heavy atom. The van der Waals surface area contributed by atoms with Gasteiger partial charge in [-0.15, -0.1) is 12.4 Å². The lowest BCUT2D eigenvalue weighted by Gasteiger charge is -2.36. The van der Waals surface area contributed by atoms with E-state index in [-0.39, 0.29) is 23.5 Å². The number of ether oxygens (including phenoxy) is 1. The first kappa shape index (κ1) is 19.2. The van der Waals surface area contributed by atoms with E-state index in [1.807, 2.05) is 0 Å². The second kappa shape index (κ2) is 8.84. The Kier molecular flexibility index (Phi) is 7.39. The maximum absolute atomic E-state index is 13.7. The molecular formula is C16H22Cl3FN2O. The smallest absolute Gasteiger partial charge is 0.142 e. The van der Waals surface area contributed by atoms with E-state index in [1.54, 1.807) is 0 Å². The molecule has 7 heteroatoms. The molecule has 2 heterocycles. The minimum atomic E-state index is -0.444. The zero-order valence-corrected chi connectivity index (χ0v) is 15.2. The number of nitrogens with one attached hydrogen (secondary N) is 1. The van der Waals surface area contributed by atoms with Crippen LogP contribution in [0, 0.1) is 11.7 Å². The van der Waals surface area contributed by atoms with Crippen molar-refractivity contribution >= 4 is 35.6 Å². The first-order valence-corrected chi connectivity index (χ1v) is 8.58. The summed E-state index contributed by atoms with van der Waals surface area (Å²) < 4.78 is 19.5. The summed E-state index contributed by atoms with van der Waals surface area (Å²) >= 11 is 12.0. The molecule has 23 heavy (non-hydrogen) atoms. The summed E-state index contributed by atoms with van der Waals surface area (Å²) in [5.41, 5.74) is 0.693. The second-order valence-corrected chi connectivity index (χ2v) is 6.91. The molecule has 2 saturated heterocycles. The molecule has 2 aliphatic rings. The number of benzene rings is 1. The van der Waals surface area contributed by atoms with Crippen molar-refractivity contribution in [2.24, 2.45) is 5.92 Å². The largest absolute Gasteiger partial charge is 0.371 e. The molecule has 0 spiro atoms. The van der Waals surface area contributed by atoms with Crippen LogP contribution in [0.25, 0.3) is 0 Å². The summed E-state index contributed by atoms with van der Waals surface area (Å²) in [5, 5.41) is 3.92. The molecule has 2 fully saturated rings. The average molecular weight is 384 g/mol. The molecule has 0 aromatic heterocycles. The summed E-state index contributed by atoms with van der Waals surface area (Å²) in [6, 6.07) is 2.87. The van der Waals surface area contributed by atoms with Crippen LogP contribution >= 0.6 is 35.6 Å². The SMILES string of the molecule is Cl.Fc1cc(C2CN(CC3CCNCC3)CCO2)c(Cl)cc1Cl. The van der Waals surface area contributed by atoms with E-state index in [9.17, 15) is 4.39 Å². The van der Waals surface area contributed by atoms with Crippen molar-refractivity contribution in [2.45, 2.75) is 18.9 Å². The van der Waals surface area contributed by atoms with Gasteiger partial charge in [-0.3, -0.25) is 4.90 Å². The lowest BCUT2D eigenvalue weighted by Crippen LogP contribution is -2.43. The Morgan fingerprint density at radius 1 is 1.22 bits per heavy atom. The van der Waals surface area contributed by atoms with E-state index >= 15 is 0 Å². The highest BCUT2D eigenvalue weighted by atomic mass is 35.5. The van der Waals surface area contributed by atoms with Crippen molar-refractivity contribution < 1.29 is 9.13 Å². The third-order valence-corrected chi connectivity index (χ3v) is 5.13. The molecule has 0 saturated carbocycles. The van der Waals surface area contributed by atoms with Gasteiger partial charge in [0, 0.05) is 30.2 Å².